The summed E-state index contributed by atoms with van der Waals surface area (Å²) in [4.78, 5) is 13.3. The molecule has 1 aliphatic heterocycles. The normalized spacial score (nSPS) is 18.2. The molecule has 0 saturated heterocycles. The van der Waals surface area contributed by atoms with Gasteiger partial charge in [-0.3, -0.25) is 14.4 Å². The smallest absolute Gasteiger partial charge is 0.365 e. The van der Waals surface area contributed by atoms with Crippen molar-refractivity contribution < 1.29 is 22.4 Å². The molecule has 1 aromatic heterocycles. The number of nitrogens with two attached hydrogens (primary N) is 1. The van der Waals surface area contributed by atoms with Crippen molar-refractivity contribution in [2.24, 2.45) is 5.73 Å². The molecule has 0 bridgehead atoms. The first-order chi connectivity index (χ1) is 11.6. The standard InChI is InChI=1S/C15H13ClF4N4O/c1-23-5-10-12(14(21)25)13(7-2-3-9(17)8(16)4-7)22-24(10)11(6-23)15(18,19)20/h2-4,11H,5-6H2,1H3,(H2,21,25). The Morgan fingerprint density at radius 1 is 1.40 bits per heavy atom. The average Bonchev–Trinajstić information content (AvgIpc) is 2.87. The summed E-state index contributed by atoms with van der Waals surface area (Å²) < 4.78 is 54.3. The molecule has 2 aromatic rings. The molecule has 1 amide bonds. The minimum absolute atomic E-state index is 0.0473. The van der Waals surface area contributed by atoms with Crippen LogP contribution in [0.1, 0.15) is 22.1 Å². The molecular formula is C15H13ClF4N4O. The zero-order valence-electron chi connectivity index (χ0n) is 12.9. The quantitative estimate of drug-likeness (QED) is 0.819. The summed E-state index contributed by atoms with van der Waals surface area (Å²) in [5.41, 5.74) is 5.50. The van der Waals surface area contributed by atoms with Gasteiger partial charge >= 0.3 is 6.18 Å². The van der Waals surface area contributed by atoms with Gasteiger partial charge in [0.25, 0.3) is 5.91 Å². The molecule has 1 aromatic carbocycles. The Labute approximate surface area is 145 Å². The largest absolute Gasteiger partial charge is 0.412 e. The Balaban J connectivity index is 2.24. The molecule has 10 heteroatoms. The fraction of sp³-hybridized carbons (Fsp3) is 0.333. The van der Waals surface area contributed by atoms with Crippen LogP contribution in [0.3, 0.4) is 0 Å². The number of aromatic nitrogens is 2. The second kappa shape index (κ2) is 5.99. The summed E-state index contributed by atoms with van der Waals surface area (Å²) in [6.07, 6.45) is -4.55. The van der Waals surface area contributed by atoms with E-state index in [1.54, 1.807) is 0 Å². The fourth-order valence-electron chi connectivity index (χ4n) is 2.92. The molecule has 3 rings (SSSR count). The number of hydrogen-bond acceptors (Lipinski definition) is 3. The van der Waals surface area contributed by atoms with Crippen LogP contribution in [0.25, 0.3) is 11.3 Å². The summed E-state index contributed by atoms with van der Waals surface area (Å²) in [6, 6.07) is 1.62. The third kappa shape index (κ3) is 3.09. The number of primary amides is 1. The Morgan fingerprint density at radius 3 is 2.64 bits per heavy atom. The van der Waals surface area contributed by atoms with E-state index in [4.69, 9.17) is 17.3 Å². The molecule has 1 aliphatic rings. The number of halogens is 5. The van der Waals surface area contributed by atoms with E-state index in [1.165, 1.54) is 24.1 Å². The number of hydrogen-bond donors (Lipinski definition) is 1. The number of fused-ring (bicyclic) bond motifs is 1. The highest BCUT2D eigenvalue weighted by Gasteiger charge is 2.46. The highest BCUT2D eigenvalue weighted by Crippen LogP contribution is 2.38. The summed E-state index contributed by atoms with van der Waals surface area (Å²) in [7, 11) is 1.51. The van der Waals surface area contributed by atoms with Gasteiger partial charge in [-0.2, -0.15) is 18.3 Å². The fourth-order valence-corrected chi connectivity index (χ4v) is 3.10. The monoisotopic (exact) mass is 376 g/mol. The van der Waals surface area contributed by atoms with E-state index >= 15 is 0 Å². The van der Waals surface area contributed by atoms with Crippen LogP contribution in [-0.2, 0) is 6.54 Å². The van der Waals surface area contributed by atoms with Crippen LogP contribution < -0.4 is 5.73 Å². The maximum absolute atomic E-state index is 13.4. The number of rotatable bonds is 2. The number of amides is 1. The average molecular weight is 377 g/mol. The molecule has 1 unspecified atom stereocenters. The predicted octanol–water partition coefficient (Wildman–Crippen LogP) is 2.99. The minimum atomic E-state index is -4.55. The lowest BCUT2D eigenvalue weighted by Gasteiger charge is -2.32. The van der Waals surface area contributed by atoms with Crippen molar-refractivity contribution in [1.82, 2.24) is 14.7 Å². The molecule has 1 atom stereocenters. The first-order valence-electron chi connectivity index (χ1n) is 7.21. The van der Waals surface area contributed by atoms with Gasteiger partial charge in [0.2, 0.25) is 0 Å². The second-order valence-corrected chi connectivity index (χ2v) is 6.27. The first kappa shape index (κ1) is 17.7. The van der Waals surface area contributed by atoms with Gasteiger partial charge in [0.05, 0.1) is 16.3 Å². The molecule has 0 radical (unpaired) electrons. The molecule has 2 heterocycles. The lowest BCUT2D eigenvalue weighted by atomic mass is 10.0. The SMILES string of the molecule is CN1Cc2c(C(N)=O)c(-c3ccc(F)c(Cl)c3)nn2C(C(F)(F)F)C1. The second-order valence-electron chi connectivity index (χ2n) is 5.86. The number of alkyl halides is 3. The molecule has 0 spiro atoms. The van der Waals surface area contributed by atoms with Gasteiger partial charge < -0.3 is 5.73 Å². The van der Waals surface area contributed by atoms with E-state index in [1.807, 2.05) is 0 Å². The van der Waals surface area contributed by atoms with E-state index in [-0.39, 0.29) is 40.6 Å². The van der Waals surface area contributed by atoms with Crippen LogP contribution in [0.5, 0.6) is 0 Å². The van der Waals surface area contributed by atoms with Gasteiger partial charge in [-0.1, -0.05) is 11.6 Å². The van der Waals surface area contributed by atoms with E-state index in [0.29, 0.717) is 0 Å². The molecule has 134 valence electrons. The van der Waals surface area contributed by atoms with Crippen molar-refractivity contribution in [2.75, 3.05) is 13.6 Å². The van der Waals surface area contributed by atoms with Gasteiger partial charge in [0, 0.05) is 18.7 Å². The van der Waals surface area contributed by atoms with Crippen LogP contribution in [0.15, 0.2) is 18.2 Å². The summed E-state index contributed by atoms with van der Waals surface area (Å²) in [6.45, 7) is -0.229. The number of benzene rings is 1. The van der Waals surface area contributed by atoms with Crippen LogP contribution in [0.2, 0.25) is 5.02 Å². The van der Waals surface area contributed by atoms with Crippen molar-refractivity contribution >= 4 is 17.5 Å². The highest BCUT2D eigenvalue weighted by molar-refractivity contribution is 6.31. The molecule has 0 saturated carbocycles. The Kier molecular flexibility index (Phi) is 4.24. The maximum Gasteiger partial charge on any atom is 0.412 e. The molecule has 5 nitrogen and oxygen atoms in total. The third-order valence-electron chi connectivity index (χ3n) is 4.03. The Morgan fingerprint density at radius 2 is 2.08 bits per heavy atom. The molecular weight excluding hydrogens is 364 g/mol. The first-order valence-corrected chi connectivity index (χ1v) is 7.59. The van der Waals surface area contributed by atoms with E-state index in [2.05, 4.69) is 5.10 Å². The number of carbonyl (C=O) groups is 1. The van der Waals surface area contributed by atoms with Crippen molar-refractivity contribution in [3.63, 3.8) is 0 Å². The summed E-state index contributed by atoms with van der Waals surface area (Å²) >= 11 is 5.73. The van der Waals surface area contributed by atoms with Crippen molar-refractivity contribution in [3.8, 4) is 11.3 Å². The lowest BCUT2D eigenvalue weighted by Crippen LogP contribution is -2.42. The van der Waals surface area contributed by atoms with Crippen LogP contribution in [0.4, 0.5) is 17.6 Å². The Bertz CT molecular complexity index is 849. The van der Waals surface area contributed by atoms with E-state index in [9.17, 15) is 22.4 Å². The lowest BCUT2D eigenvalue weighted by molar-refractivity contribution is -0.178. The number of carbonyl (C=O) groups excluding carboxylic acids is 1. The van der Waals surface area contributed by atoms with Crippen molar-refractivity contribution in [1.29, 1.82) is 0 Å². The van der Waals surface area contributed by atoms with Gasteiger partial charge in [-0.05, 0) is 25.2 Å². The molecule has 2 N–H and O–H groups in total. The topological polar surface area (TPSA) is 64.2 Å². The summed E-state index contributed by atoms with van der Waals surface area (Å²) in [5, 5.41) is 3.75. The predicted molar refractivity (Wildman–Crippen MR) is 82.6 cm³/mol. The molecule has 0 aliphatic carbocycles. The maximum atomic E-state index is 13.4. The van der Waals surface area contributed by atoms with E-state index < -0.39 is 23.9 Å². The third-order valence-corrected chi connectivity index (χ3v) is 4.32. The molecule has 0 fully saturated rings. The summed E-state index contributed by atoms with van der Waals surface area (Å²) in [5.74, 6) is -1.60. The van der Waals surface area contributed by atoms with Gasteiger partial charge in [0.15, 0.2) is 6.04 Å². The van der Waals surface area contributed by atoms with Crippen molar-refractivity contribution in [2.45, 2.75) is 18.8 Å². The Hall–Kier alpha value is -2.13. The van der Waals surface area contributed by atoms with Crippen LogP contribution >= 0.6 is 11.6 Å². The van der Waals surface area contributed by atoms with Crippen LogP contribution in [-0.4, -0.2) is 40.4 Å². The van der Waals surface area contributed by atoms with E-state index in [0.717, 1.165) is 10.7 Å². The number of likely N-dealkylation sites (N-methyl/N-ethyl adjacent to an activating group) is 1. The van der Waals surface area contributed by atoms with Gasteiger partial charge in [-0.25, -0.2) is 4.39 Å². The van der Waals surface area contributed by atoms with Gasteiger partial charge in [-0.15, -0.1) is 0 Å². The van der Waals surface area contributed by atoms with Gasteiger partial charge in [0.1, 0.15) is 11.5 Å². The highest BCUT2D eigenvalue weighted by atomic mass is 35.5. The molecule has 25 heavy (non-hydrogen) atoms. The minimum Gasteiger partial charge on any atom is -0.365 e. The van der Waals surface area contributed by atoms with Crippen LogP contribution in [0, 0.1) is 5.82 Å². The zero-order chi connectivity index (χ0) is 18.5. The zero-order valence-corrected chi connectivity index (χ0v) is 13.7. The van der Waals surface area contributed by atoms with Crippen molar-refractivity contribution in [3.05, 3.63) is 40.3 Å². The number of nitrogens with zero attached hydrogens (tertiary/aromatic N) is 3.